The Kier molecular flexibility index (Phi) is 6.13. The van der Waals surface area contributed by atoms with Gasteiger partial charge in [0.1, 0.15) is 5.69 Å². The Bertz CT molecular complexity index is 886. The summed E-state index contributed by atoms with van der Waals surface area (Å²) < 4.78 is 27.6. The van der Waals surface area contributed by atoms with Gasteiger partial charge in [0, 0.05) is 52.3 Å². The van der Waals surface area contributed by atoms with Gasteiger partial charge in [-0.3, -0.25) is 14.9 Å². The Morgan fingerprint density at radius 2 is 1.69 bits per heavy atom. The highest BCUT2D eigenvalue weighted by molar-refractivity contribution is 7.89. The molecule has 2 atom stereocenters. The minimum atomic E-state index is -3.79. The number of benzene rings is 1. The quantitative estimate of drug-likeness (QED) is 0.540. The normalized spacial score (nSPS) is 23.8. The lowest BCUT2D eigenvalue weighted by Gasteiger charge is -2.35. The largest absolute Gasteiger partial charge is 0.362 e. The summed E-state index contributed by atoms with van der Waals surface area (Å²) in [6.07, 6.45) is 0.970. The molecule has 160 valence electrons. The topological polar surface area (TPSA) is 104 Å². The SMILES string of the molecule is CC(=O)N1CCN(c2ccc(S(=O)(=O)N3C[C@@H](C)C[C@H](C)C3)cc2[N+](=O)[O-])CC1. The van der Waals surface area contributed by atoms with Crippen LogP contribution >= 0.6 is 0 Å². The molecule has 0 N–H and O–H groups in total. The first-order valence-corrected chi connectivity index (χ1v) is 11.3. The molecular formula is C19H28N4O5S. The van der Waals surface area contributed by atoms with Crippen molar-refractivity contribution in [2.24, 2.45) is 11.8 Å². The summed E-state index contributed by atoms with van der Waals surface area (Å²) in [5, 5.41) is 11.7. The number of piperazine rings is 1. The van der Waals surface area contributed by atoms with E-state index in [4.69, 9.17) is 0 Å². The van der Waals surface area contributed by atoms with E-state index in [1.807, 2.05) is 18.7 Å². The molecule has 0 aliphatic carbocycles. The van der Waals surface area contributed by atoms with Crippen molar-refractivity contribution >= 4 is 27.3 Å². The second kappa shape index (κ2) is 8.27. The zero-order chi connectivity index (χ0) is 21.3. The summed E-state index contributed by atoms with van der Waals surface area (Å²) in [7, 11) is -3.79. The van der Waals surface area contributed by atoms with Gasteiger partial charge >= 0.3 is 0 Å². The molecule has 1 aromatic carbocycles. The van der Waals surface area contributed by atoms with E-state index in [0.29, 0.717) is 45.0 Å². The van der Waals surface area contributed by atoms with Crippen LogP contribution in [0.3, 0.4) is 0 Å². The Hall–Kier alpha value is -2.20. The molecule has 3 rings (SSSR count). The summed E-state index contributed by atoms with van der Waals surface area (Å²) in [5.74, 6) is 0.478. The summed E-state index contributed by atoms with van der Waals surface area (Å²) in [6, 6.07) is 4.15. The molecule has 2 fully saturated rings. The van der Waals surface area contributed by atoms with Crippen molar-refractivity contribution in [3.63, 3.8) is 0 Å². The van der Waals surface area contributed by atoms with Crippen molar-refractivity contribution in [1.82, 2.24) is 9.21 Å². The molecule has 1 aromatic rings. The predicted molar refractivity (Wildman–Crippen MR) is 109 cm³/mol. The lowest BCUT2D eigenvalue weighted by Crippen LogP contribution is -2.48. The van der Waals surface area contributed by atoms with Crippen LogP contribution in [-0.2, 0) is 14.8 Å². The molecule has 0 spiro atoms. The maximum atomic E-state index is 13.1. The van der Waals surface area contributed by atoms with E-state index in [2.05, 4.69) is 0 Å². The molecular weight excluding hydrogens is 396 g/mol. The van der Waals surface area contributed by atoms with Crippen LogP contribution in [0.2, 0.25) is 0 Å². The Balaban J connectivity index is 1.88. The van der Waals surface area contributed by atoms with Gasteiger partial charge in [0.25, 0.3) is 5.69 Å². The number of nitrogens with zero attached hydrogens (tertiary/aromatic N) is 4. The minimum absolute atomic E-state index is 0.0226. The molecule has 29 heavy (non-hydrogen) atoms. The van der Waals surface area contributed by atoms with E-state index >= 15 is 0 Å². The number of nitro groups is 1. The first-order chi connectivity index (χ1) is 13.6. The number of hydrogen-bond acceptors (Lipinski definition) is 6. The van der Waals surface area contributed by atoms with Gasteiger partial charge in [-0.2, -0.15) is 4.31 Å². The molecule has 0 unspecified atom stereocenters. The smallest absolute Gasteiger partial charge is 0.293 e. The standard InChI is InChI=1S/C19H28N4O5S/c1-14-10-15(2)13-22(12-14)29(27,28)17-4-5-18(19(11-17)23(25)26)21-8-6-20(7-9-21)16(3)24/h4-5,11,14-15H,6-10,12-13H2,1-3H3/t14-,15-/m0/s1. The molecule has 0 aromatic heterocycles. The minimum Gasteiger partial charge on any atom is -0.362 e. The maximum Gasteiger partial charge on any atom is 0.293 e. The van der Waals surface area contributed by atoms with Crippen LogP contribution in [0, 0.1) is 22.0 Å². The number of piperidine rings is 1. The van der Waals surface area contributed by atoms with Crippen molar-refractivity contribution in [3.05, 3.63) is 28.3 Å². The predicted octanol–water partition coefficient (Wildman–Crippen LogP) is 1.93. The van der Waals surface area contributed by atoms with Gasteiger partial charge < -0.3 is 9.80 Å². The Morgan fingerprint density at radius 1 is 1.10 bits per heavy atom. The number of hydrogen-bond donors (Lipinski definition) is 0. The lowest BCUT2D eigenvalue weighted by molar-refractivity contribution is -0.384. The third kappa shape index (κ3) is 4.53. The van der Waals surface area contributed by atoms with Crippen LogP contribution in [0.5, 0.6) is 0 Å². The third-order valence-electron chi connectivity index (χ3n) is 5.68. The zero-order valence-corrected chi connectivity index (χ0v) is 17.9. The number of rotatable bonds is 4. The van der Waals surface area contributed by atoms with Crippen molar-refractivity contribution in [2.75, 3.05) is 44.2 Å². The van der Waals surface area contributed by atoms with Crippen LogP contribution in [0.1, 0.15) is 27.2 Å². The molecule has 2 aliphatic heterocycles. The van der Waals surface area contributed by atoms with Crippen LogP contribution in [0.25, 0.3) is 0 Å². The maximum absolute atomic E-state index is 13.1. The summed E-state index contributed by atoms with van der Waals surface area (Å²) in [5.41, 5.74) is 0.165. The third-order valence-corrected chi connectivity index (χ3v) is 7.51. The number of nitro benzene ring substituents is 1. The molecule has 2 aliphatic rings. The number of carbonyl (C=O) groups excluding carboxylic acids is 1. The summed E-state index contributed by atoms with van der Waals surface area (Å²) in [4.78, 5) is 26.1. The molecule has 0 radical (unpaired) electrons. The molecule has 1 amide bonds. The van der Waals surface area contributed by atoms with Gasteiger partial charge in [-0.1, -0.05) is 13.8 Å². The highest BCUT2D eigenvalue weighted by Crippen LogP contribution is 2.34. The van der Waals surface area contributed by atoms with Crippen LogP contribution in [0.15, 0.2) is 23.1 Å². The molecule has 0 saturated carbocycles. The second-order valence-corrected chi connectivity index (χ2v) is 10.1. The summed E-state index contributed by atoms with van der Waals surface area (Å²) >= 11 is 0. The Labute approximate surface area is 171 Å². The molecule has 10 heteroatoms. The monoisotopic (exact) mass is 424 g/mol. The fourth-order valence-corrected chi connectivity index (χ4v) is 5.99. The van der Waals surface area contributed by atoms with Crippen molar-refractivity contribution in [1.29, 1.82) is 0 Å². The fourth-order valence-electron chi connectivity index (χ4n) is 4.29. The van der Waals surface area contributed by atoms with Gasteiger partial charge in [0.05, 0.1) is 9.82 Å². The first-order valence-electron chi connectivity index (χ1n) is 9.88. The van der Waals surface area contributed by atoms with Crippen LogP contribution < -0.4 is 4.90 Å². The van der Waals surface area contributed by atoms with Gasteiger partial charge in [-0.15, -0.1) is 0 Å². The molecule has 2 heterocycles. The highest BCUT2D eigenvalue weighted by atomic mass is 32.2. The highest BCUT2D eigenvalue weighted by Gasteiger charge is 2.34. The first kappa shape index (κ1) is 21.5. The van der Waals surface area contributed by atoms with E-state index in [9.17, 15) is 23.3 Å². The van der Waals surface area contributed by atoms with Crippen molar-refractivity contribution < 1.29 is 18.1 Å². The number of anilines is 1. The van der Waals surface area contributed by atoms with E-state index in [1.165, 1.54) is 29.4 Å². The van der Waals surface area contributed by atoms with Crippen LogP contribution in [0.4, 0.5) is 11.4 Å². The van der Waals surface area contributed by atoms with Gasteiger partial charge in [0.2, 0.25) is 15.9 Å². The molecule has 0 bridgehead atoms. The van der Waals surface area contributed by atoms with E-state index in [-0.39, 0.29) is 28.3 Å². The van der Waals surface area contributed by atoms with E-state index in [0.717, 1.165) is 6.42 Å². The van der Waals surface area contributed by atoms with Crippen molar-refractivity contribution in [2.45, 2.75) is 32.1 Å². The second-order valence-electron chi connectivity index (χ2n) is 8.17. The van der Waals surface area contributed by atoms with Crippen molar-refractivity contribution in [3.8, 4) is 0 Å². The van der Waals surface area contributed by atoms with E-state index in [1.54, 1.807) is 4.90 Å². The molecule has 9 nitrogen and oxygen atoms in total. The van der Waals surface area contributed by atoms with Crippen LogP contribution in [-0.4, -0.2) is 67.7 Å². The number of amides is 1. The lowest BCUT2D eigenvalue weighted by atomic mass is 9.94. The van der Waals surface area contributed by atoms with E-state index < -0.39 is 14.9 Å². The molecule has 2 saturated heterocycles. The Morgan fingerprint density at radius 3 is 2.21 bits per heavy atom. The van der Waals surface area contributed by atoms with Gasteiger partial charge in [-0.05, 0) is 30.4 Å². The van der Waals surface area contributed by atoms with Gasteiger partial charge in [-0.25, -0.2) is 8.42 Å². The fraction of sp³-hybridized carbons (Fsp3) is 0.632. The average molecular weight is 425 g/mol. The zero-order valence-electron chi connectivity index (χ0n) is 17.1. The summed E-state index contributed by atoms with van der Waals surface area (Å²) in [6.45, 7) is 8.28. The number of sulfonamides is 1. The average Bonchev–Trinajstić information content (AvgIpc) is 2.66. The van der Waals surface area contributed by atoms with Gasteiger partial charge in [0.15, 0.2) is 0 Å². The number of carbonyl (C=O) groups is 1.